The molecule has 0 fully saturated rings. The molecule has 0 aliphatic heterocycles. The van der Waals surface area contributed by atoms with E-state index in [2.05, 4.69) is 10.3 Å². The van der Waals surface area contributed by atoms with E-state index in [4.69, 9.17) is 23.2 Å². The number of anilines is 1. The monoisotopic (exact) mass is 407 g/mol. The van der Waals surface area contributed by atoms with Crippen molar-refractivity contribution >= 4 is 51.3 Å². The molecular weight excluding hydrogens is 397 g/mol. The van der Waals surface area contributed by atoms with Gasteiger partial charge in [0.25, 0.3) is 11.6 Å². The first-order chi connectivity index (χ1) is 12.3. The molecule has 0 radical (unpaired) electrons. The summed E-state index contributed by atoms with van der Waals surface area (Å²) in [6, 6.07) is 11.1. The van der Waals surface area contributed by atoms with Crippen LogP contribution in [0.25, 0.3) is 11.3 Å². The van der Waals surface area contributed by atoms with Gasteiger partial charge in [0.2, 0.25) is 0 Å². The molecule has 2 aromatic carbocycles. The van der Waals surface area contributed by atoms with Gasteiger partial charge >= 0.3 is 0 Å². The molecule has 9 heteroatoms. The molecule has 3 aromatic rings. The zero-order chi connectivity index (χ0) is 18.8. The fraction of sp³-hybridized carbons (Fsp3) is 0.0588. The maximum Gasteiger partial charge on any atom is 0.288 e. The van der Waals surface area contributed by atoms with E-state index in [1.165, 1.54) is 23.5 Å². The molecule has 0 unspecified atom stereocenters. The molecule has 0 saturated carbocycles. The predicted molar refractivity (Wildman–Crippen MR) is 103 cm³/mol. The molecule has 0 aliphatic carbocycles. The first kappa shape index (κ1) is 18.3. The zero-order valence-corrected chi connectivity index (χ0v) is 15.7. The average molecular weight is 408 g/mol. The molecule has 1 aromatic heterocycles. The van der Waals surface area contributed by atoms with Gasteiger partial charge in [-0.1, -0.05) is 35.3 Å². The second kappa shape index (κ2) is 7.41. The van der Waals surface area contributed by atoms with Crippen molar-refractivity contribution in [2.75, 3.05) is 5.32 Å². The third kappa shape index (κ3) is 3.85. The number of hydrogen-bond acceptors (Lipinski definition) is 5. The summed E-state index contributed by atoms with van der Waals surface area (Å²) in [5.74, 6) is -0.499. The van der Waals surface area contributed by atoms with Gasteiger partial charge < -0.3 is 0 Å². The van der Waals surface area contributed by atoms with Crippen LogP contribution >= 0.6 is 34.5 Å². The summed E-state index contributed by atoms with van der Waals surface area (Å²) in [6.07, 6.45) is 0. The number of aryl methyl sites for hydroxylation is 1. The van der Waals surface area contributed by atoms with Crippen LogP contribution in [0.2, 0.25) is 10.0 Å². The molecule has 0 saturated heterocycles. The fourth-order valence-corrected chi connectivity index (χ4v) is 3.43. The van der Waals surface area contributed by atoms with Gasteiger partial charge in [0.15, 0.2) is 5.13 Å². The largest absolute Gasteiger partial charge is 0.298 e. The van der Waals surface area contributed by atoms with Crippen molar-refractivity contribution in [1.82, 2.24) is 4.98 Å². The van der Waals surface area contributed by atoms with Crippen molar-refractivity contribution in [3.05, 3.63) is 73.1 Å². The Balaban J connectivity index is 1.84. The number of carbonyl (C=O) groups excluding carboxylic acids is 1. The average Bonchev–Trinajstić information content (AvgIpc) is 2.96. The third-order valence-electron chi connectivity index (χ3n) is 3.54. The van der Waals surface area contributed by atoms with Gasteiger partial charge in [-0.15, -0.1) is 11.3 Å². The quantitative estimate of drug-likeness (QED) is 0.451. The van der Waals surface area contributed by atoms with Crippen LogP contribution in [0.4, 0.5) is 10.8 Å². The lowest BCUT2D eigenvalue weighted by Crippen LogP contribution is -2.12. The highest BCUT2D eigenvalue weighted by atomic mass is 35.5. The smallest absolute Gasteiger partial charge is 0.288 e. The van der Waals surface area contributed by atoms with E-state index in [0.717, 1.165) is 22.2 Å². The molecule has 0 atom stereocenters. The Morgan fingerprint density at radius 3 is 2.54 bits per heavy atom. The van der Waals surface area contributed by atoms with Gasteiger partial charge in [-0.2, -0.15) is 0 Å². The highest BCUT2D eigenvalue weighted by Gasteiger charge is 2.18. The Labute approximate surface area is 162 Å². The second-order valence-corrected chi connectivity index (χ2v) is 7.35. The number of nitro benzene ring substituents is 1. The van der Waals surface area contributed by atoms with Crippen LogP contribution in [-0.2, 0) is 0 Å². The number of halogens is 2. The van der Waals surface area contributed by atoms with Crippen LogP contribution in [0.15, 0.2) is 42.5 Å². The summed E-state index contributed by atoms with van der Waals surface area (Å²) in [4.78, 5) is 28.0. The second-order valence-electron chi connectivity index (χ2n) is 5.31. The van der Waals surface area contributed by atoms with Crippen LogP contribution in [0.1, 0.15) is 15.2 Å². The SMILES string of the molecule is Cc1sc(NC(=O)c2ccc(Cl)c([N+](=O)[O-])c2)nc1-c1ccc(Cl)cc1. The number of carbonyl (C=O) groups is 1. The molecule has 1 heterocycles. The number of nitrogens with one attached hydrogen (secondary N) is 1. The number of hydrogen-bond donors (Lipinski definition) is 1. The van der Waals surface area contributed by atoms with E-state index < -0.39 is 10.8 Å². The highest BCUT2D eigenvalue weighted by Crippen LogP contribution is 2.31. The number of nitro groups is 1. The van der Waals surface area contributed by atoms with Crippen molar-refractivity contribution in [2.45, 2.75) is 6.92 Å². The molecule has 0 spiro atoms. The van der Waals surface area contributed by atoms with Crippen LogP contribution in [0.5, 0.6) is 0 Å². The van der Waals surface area contributed by atoms with Gasteiger partial charge in [-0.25, -0.2) is 4.98 Å². The number of rotatable bonds is 4. The first-order valence-corrected chi connectivity index (χ1v) is 8.91. The standard InChI is InChI=1S/C17H11Cl2N3O3S/c1-9-15(10-2-5-12(18)6-3-10)20-17(26-9)21-16(23)11-4-7-13(19)14(8-11)22(24)25/h2-8H,1H3,(H,20,21,23). The number of amides is 1. The van der Waals surface area contributed by atoms with Crippen molar-refractivity contribution in [3.8, 4) is 11.3 Å². The Kier molecular flexibility index (Phi) is 5.22. The van der Waals surface area contributed by atoms with Gasteiger partial charge in [-0.05, 0) is 31.2 Å². The molecule has 3 rings (SSSR count). The topological polar surface area (TPSA) is 85.1 Å². The molecule has 1 N–H and O–H groups in total. The Hall–Kier alpha value is -2.48. The predicted octanol–water partition coefficient (Wildman–Crippen LogP) is 5.59. The maximum absolute atomic E-state index is 12.4. The van der Waals surface area contributed by atoms with Gasteiger partial charge in [0.1, 0.15) is 5.02 Å². The van der Waals surface area contributed by atoms with Crippen molar-refractivity contribution in [2.24, 2.45) is 0 Å². The van der Waals surface area contributed by atoms with Crippen molar-refractivity contribution in [1.29, 1.82) is 0 Å². The lowest BCUT2D eigenvalue weighted by molar-refractivity contribution is -0.384. The number of benzene rings is 2. The molecule has 0 aliphatic rings. The van der Waals surface area contributed by atoms with E-state index in [0.29, 0.717) is 10.2 Å². The van der Waals surface area contributed by atoms with E-state index in [1.54, 1.807) is 12.1 Å². The molecule has 0 bridgehead atoms. The van der Waals surface area contributed by atoms with Gasteiger partial charge in [0.05, 0.1) is 10.6 Å². The molecule has 1 amide bonds. The fourth-order valence-electron chi connectivity index (χ4n) is 2.29. The number of aromatic nitrogens is 1. The Bertz CT molecular complexity index is 1000. The van der Waals surface area contributed by atoms with Gasteiger partial charge in [-0.3, -0.25) is 20.2 Å². The summed E-state index contributed by atoms with van der Waals surface area (Å²) in [5.41, 5.74) is 1.42. The van der Waals surface area contributed by atoms with Gasteiger partial charge in [0, 0.05) is 27.1 Å². The van der Waals surface area contributed by atoms with Crippen molar-refractivity contribution < 1.29 is 9.72 Å². The summed E-state index contributed by atoms with van der Waals surface area (Å²) < 4.78 is 0. The summed E-state index contributed by atoms with van der Waals surface area (Å²) >= 11 is 13.0. The number of thiazole rings is 1. The van der Waals surface area contributed by atoms with E-state index in [9.17, 15) is 14.9 Å². The summed E-state index contributed by atoms with van der Waals surface area (Å²) in [5, 5.41) is 14.6. The van der Waals surface area contributed by atoms with Crippen molar-refractivity contribution in [3.63, 3.8) is 0 Å². The van der Waals surface area contributed by atoms with E-state index in [-0.39, 0.29) is 16.3 Å². The van der Waals surface area contributed by atoms with Crippen LogP contribution < -0.4 is 5.32 Å². The summed E-state index contributed by atoms with van der Waals surface area (Å²) in [6.45, 7) is 1.89. The minimum absolute atomic E-state index is 0.0262. The third-order valence-corrected chi connectivity index (χ3v) is 5.00. The lowest BCUT2D eigenvalue weighted by Gasteiger charge is -2.02. The lowest BCUT2D eigenvalue weighted by atomic mass is 10.1. The van der Waals surface area contributed by atoms with Crippen LogP contribution in [-0.4, -0.2) is 15.8 Å². The highest BCUT2D eigenvalue weighted by molar-refractivity contribution is 7.16. The zero-order valence-electron chi connectivity index (χ0n) is 13.3. The van der Waals surface area contributed by atoms with Crippen LogP contribution in [0, 0.1) is 17.0 Å². The minimum atomic E-state index is -0.634. The maximum atomic E-state index is 12.4. The van der Waals surface area contributed by atoms with E-state index in [1.807, 2.05) is 19.1 Å². The molecular formula is C17H11Cl2N3O3S. The molecule has 6 nitrogen and oxygen atoms in total. The Morgan fingerprint density at radius 1 is 1.19 bits per heavy atom. The minimum Gasteiger partial charge on any atom is -0.298 e. The Morgan fingerprint density at radius 2 is 1.88 bits per heavy atom. The van der Waals surface area contributed by atoms with E-state index >= 15 is 0 Å². The molecule has 26 heavy (non-hydrogen) atoms. The first-order valence-electron chi connectivity index (χ1n) is 7.34. The normalized spacial score (nSPS) is 10.6. The molecule has 132 valence electrons. The number of nitrogens with zero attached hydrogens (tertiary/aromatic N) is 2. The summed E-state index contributed by atoms with van der Waals surface area (Å²) in [7, 11) is 0. The van der Waals surface area contributed by atoms with Crippen LogP contribution in [0.3, 0.4) is 0 Å².